The lowest BCUT2D eigenvalue weighted by atomic mass is 10.3. The van der Waals surface area contributed by atoms with Crippen LogP contribution in [0.5, 0.6) is 0 Å². The standard InChI is InChI=1S/C7H12N2/c1-5(2)7-4-8-6(3)9-7/h4H2,1-3H3,(H,8,9). The number of nitrogens with zero attached hydrogens (tertiary/aromatic N) is 1. The molecule has 0 fully saturated rings. The quantitative estimate of drug-likeness (QED) is 0.517. The lowest BCUT2D eigenvalue weighted by Crippen LogP contribution is -2.13. The minimum atomic E-state index is 0.841. The molecule has 1 N–H and O–H groups in total. The Hall–Kier alpha value is -0.790. The molecule has 1 heterocycles. The van der Waals surface area contributed by atoms with E-state index in [4.69, 9.17) is 0 Å². The molecule has 1 aliphatic heterocycles. The zero-order valence-electron chi connectivity index (χ0n) is 6.15. The summed E-state index contributed by atoms with van der Waals surface area (Å²) >= 11 is 0. The average molecular weight is 124 g/mol. The van der Waals surface area contributed by atoms with E-state index in [1.54, 1.807) is 0 Å². The van der Waals surface area contributed by atoms with Crippen LogP contribution in [-0.2, 0) is 0 Å². The fourth-order valence-electron chi connectivity index (χ4n) is 0.778. The van der Waals surface area contributed by atoms with Crippen LogP contribution in [0.15, 0.2) is 16.3 Å². The summed E-state index contributed by atoms with van der Waals surface area (Å²) in [5.41, 5.74) is 2.59. The molecule has 0 amide bonds. The Balaban J connectivity index is 2.67. The zero-order valence-corrected chi connectivity index (χ0v) is 6.15. The van der Waals surface area contributed by atoms with Gasteiger partial charge >= 0.3 is 0 Å². The molecule has 50 valence electrons. The second-order valence-electron chi connectivity index (χ2n) is 2.51. The fourth-order valence-corrected chi connectivity index (χ4v) is 0.778. The highest BCUT2D eigenvalue weighted by Crippen LogP contribution is 2.04. The van der Waals surface area contributed by atoms with Crippen LogP contribution >= 0.6 is 0 Å². The molecule has 9 heavy (non-hydrogen) atoms. The third kappa shape index (κ3) is 1.31. The number of amidine groups is 1. The molecule has 0 radical (unpaired) electrons. The Labute approximate surface area is 55.7 Å². The molecule has 0 spiro atoms. The monoisotopic (exact) mass is 124 g/mol. The lowest BCUT2D eigenvalue weighted by molar-refractivity contribution is 1.05. The number of hydrogen-bond donors (Lipinski definition) is 1. The van der Waals surface area contributed by atoms with Crippen molar-refractivity contribution < 1.29 is 0 Å². The maximum absolute atomic E-state index is 4.19. The minimum Gasteiger partial charge on any atom is -0.346 e. The van der Waals surface area contributed by atoms with Gasteiger partial charge in [0.2, 0.25) is 0 Å². The maximum Gasteiger partial charge on any atom is 0.0978 e. The van der Waals surface area contributed by atoms with Crippen LogP contribution in [0.3, 0.4) is 0 Å². The van der Waals surface area contributed by atoms with Gasteiger partial charge in [-0.1, -0.05) is 5.57 Å². The zero-order chi connectivity index (χ0) is 6.85. The van der Waals surface area contributed by atoms with E-state index in [1.165, 1.54) is 11.3 Å². The molecule has 0 unspecified atom stereocenters. The van der Waals surface area contributed by atoms with E-state index in [2.05, 4.69) is 24.2 Å². The van der Waals surface area contributed by atoms with Gasteiger partial charge in [0.15, 0.2) is 0 Å². The first-order chi connectivity index (χ1) is 4.20. The molecule has 1 rings (SSSR count). The van der Waals surface area contributed by atoms with E-state index < -0.39 is 0 Å². The van der Waals surface area contributed by atoms with Gasteiger partial charge in [0.25, 0.3) is 0 Å². The van der Waals surface area contributed by atoms with Crippen molar-refractivity contribution >= 4 is 5.84 Å². The normalized spacial score (nSPS) is 17.2. The minimum absolute atomic E-state index is 0.841. The van der Waals surface area contributed by atoms with Gasteiger partial charge in [0.1, 0.15) is 0 Å². The molecule has 0 saturated carbocycles. The van der Waals surface area contributed by atoms with Gasteiger partial charge in [-0.15, -0.1) is 0 Å². The third-order valence-corrected chi connectivity index (χ3v) is 1.41. The molecule has 0 atom stereocenters. The lowest BCUT2D eigenvalue weighted by Gasteiger charge is -1.99. The number of rotatable bonds is 0. The van der Waals surface area contributed by atoms with Gasteiger partial charge in [-0.25, -0.2) is 0 Å². The Morgan fingerprint density at radius 2 is 2.22 bits per heavy atom. The Kier molecular flexibility index (Phi) is 1.56. The summed E-state index contributed by atoms with van der Waals surface area (Å²) in [5, 5.41) is 3.18. The van der Waals surface area contributed by atoms with Gasteiger partial charge in [0.05, 0.1) is 12.4 Å². The van der Waals surface area contributed by atoms with Crippen LogP contribution in [0, 0.1) is 0 Å². The predicted molar refractivity (Wildman–Crippen MR) is 39.5 cm³/mol. The summed E-state index contributed by atoms with van der Waals surface area (Å²) in [6, 6.07) is 0. The van der Waals surface area contributed by atoms with Crippen molar-refractivity contribution in [1.82, 2.24) is 5.32 Å². The summed E-state index contributed by atoms with van der Waals surface area (Å²) in [5.74, 6) is 1.03. The molecular formula is C7H12N2. The van der Waals surface area contributed by atoms with E-state index in [1.807, 2.05) is 6.92 Å². The summed E-state index contributed by atoms with van der Waals surface area (Å²) in [6.45, 7) is 7.01. The van der Waals surface area contributed by atoms with Gasteiger partial charge < -0.3 is 5.32 Å². The first-order valence-corrected chi connectivity index (χ1v) is 3.14. The highest BCUT2D eigenvalue weighted by atomic mass is 15.1. The Bertz CT molecular complexity index is 173. The number of aliphatic imine (C=N–C) groups is 1. The number of allylic oxidation sites excluding steroid dienone is 1. The van der Waals surface area contributed by atoms with Crippen LogP contribution < -0.4 is 5.32 Å². The van der Waals surface area contributed by atoms with Crippen molar-refractivity contribution in [2.24, 2.45) is 4.99 Å². The van der Waals surface area contributed by atoms with E-state index >= 15 is 0 Å². The predicted octanol–water partition coefficient (Wildman–Crippen LogP) is 1.30. The highest BCUT2D eigenvalue weighted by molar-refractivity contribution is 5.83. The second-order valence-corrected chi connectivity index (χ2v) is 2.51. The fraction of sp³-hybridized carbons (Fsp3) is 0.571. The molecule has 0 aromatic heterocycles. The van der Waals surface area contributed by atoms with Crippen molar-refractivity contribution in [2.75, 3.05) is 6.54 Å². The molecular weight excluding hydrogens is 112 g/mol. The molecule has 0 aliphatic carbocycles. The van der Waals surface area contributed by atoms with Crippen LogP contribution in [0.4, 0.5) is 0 Å². The molecule has 2 heteroatoms. The highest BCUT2D eigenvalue weighted by Gasteiger charge is 2.05. The first-order valence-electron chi connectivity index (χ1n) is 3.14. The third-order valence-electron chi connectivity index (χ3n) is 1.41. The van der Waals surface area contributed by atoms with E-state index in [0.717, 1.165) is 12.4 Å². The summed E-state index contributed by atoms with van der Waals surface area (Å²) in [6.07, 6.45) is 0. The van der Waals surface area contributed by atoms with Gasteiger partial charge in [-0.2, -0.15) is 0 Å². The van der Waals surface area contributed by atoms with E-state index in [0.29, 0.717) is 0 Å². The average Bonchev–Trinajstić information content (AvgIpc) is 2.14. The van der Waals surface area contributed by atoms with Crippen molar-refractivity contribution in [1.29, 1.82) is 0 Å². The topological polar surface area (TPSA) is 24.4 Å². The van der Waals surface area contributed by atoms with Crippen molar-refractivity contribution in [3.63, 3.8) is 0 Å². The smallest absolute Gasteiger partial charge is 0.0978 e. The van der Waals surface area contributed by atoms with E-state index in [9.17, 15) is 0 Å². The SMILES string of the molecule is CC1=NCC(=C(C)C)N1. The molecule has 0 saturated heterocycles. The molecule has 0 aromatic carbocycles. The van der Waals surface area contributed by atoms with E-state index in [-0.39, 0.29) is 0 Å². The second kappa shape index (κ2) is 2.21. The Morgan fingerprint density at radius 1 is 1.56 bits per heavy atom. The van der Waals surface area contributed by atoms with Gasteiger partial charge in [0, 0.05) is 5.70 Å². The van der Waals surface area contributed by atoms with Crippen molar-refractivity contribution in [2.45, 2.75) is 20.8 Å². The summed E-state index contributed by atoms with van der Waals surface area (Å²) < 4.78 is 0. The van der Waals surface area contributed by atoms with Crippen molar-refractivity contribution in [3.05, 3.63) is 11.3 Å². The van der Waals surface area contributed by atoms with Crippen LogP contribution in [-0.4, -0.2) is 12.4 Å². The van der Waals surface area contributed by atoms with Gasteiger partial charge in [-0.05, 0) is 20.8 Å². The largest absolute Gasteiger partial charge is 0.346 e. The molecule has 1 aliphatic rings. The molecule has 0 aromatic rings. The summed E-state index contributed by atoms with van der Waals surface area (Å²) in [7, 11) is 0. The van der Waals surface area contributed by atoms with Crippen molar-refractivity contribution in [3.8, 4) is 0 Å². The van der Waals surface area contributed by atoms with Crippen LogP contribution in [0.25, 0.3) is 0 Å². The van der Waals surface area contributed by atoms with Crippen LogP contribution in [0.1, 0.15) is 20.8 Å². The number of nitrogens with one attached hydrogen (secondary N) is 1. The first kappa shape index (κ1) is 6.33. The van der Waals surface area contributed by atoms with Crippen LogP contribution in [0.2, 0.25) is 0 Å². The van der Waals surface area contributed by atoms with Gasteiger partial charge in [-0.3, -0.25) is 4.99 Å². The molecule has 2 nitrogen and oxygen atoms in total. The maximum atomic E-state index is 4.19. The Morgan fingerprint density at radius 3 is 2.44 bits per heavy atom. The molecule has 0 bridgehead atoms. The summed E-state index contributed by atoms with van der Waals surface area (Å²) in [4.78, 5) is 4.19. The number of hydrogen-bond acceptors (Lipinski definition) is 2.